The summed E-state index contributed by atoms with van der Waals surface area (Å²) >= 11 is 6.09. The summed E-state index contributed by atoms with van der Waals surface area (Å²) in [5.41, 5.74) is 2.57. The van der Waals surface area contributed by atoms with E-state index in [-0.39, 0.29) is 18.2 Å². The number of nitrogens with zero attached hydrogens (tertiary/aromatic N) is 4. The fraction of sp³-hybridized carbons (Fsp3) is 0.548. The van der Waals surface area contributed by atoms with Gasteiger partial charge in [-0.05, 0) is 74.3 Å². The summed E-state index contributed by atoms with van der Waals surface area (Å²) in [4.78, 5) is 33.1. The number of likely N-dealkylation sites (tertiary alicyclic amines) is 1. The summed E-state index contributed by atoms with van der Waals surface area (Å²) in [6, 6.07) is 15.2. The fourth-order valence-corrected chi connectivity index (χ4v) is 7.07. The summed E-state index contributed by atoms with van der Waals surface area (Å²) in [5.74, 6) is 0.0343. The first-order chi connectivity index (χ1) is 19.7. The van der Waals surface area contributed by atoms with Crippen LogP contribution in [-0.2, 0) is 26.0 Å². The van der Waals surface area contributed by atoms with Crippen molar-refractivity contribution < 1.29 is 18.0 Å². The third-order valence-electron chi connectivity index (χ3n) is 8.48. The molecule has 0 bridgehead atoms. The minimum atomic E-state index is -3.43. The molecular weight excluding hydrogens is 560 g/mol. The normalized spacial score (nSPS) is 18.7. The van der Waals surface area contributed by atoms with E-state index in [2.05, 4.69) is 4.90 Å². The zero-order valence-corrected chi connectivity index (χ0v) is 25.5. The molecule has 2 amide bonds. The van der Waals surface area contributed by atoms with Gasteiger partial charge in [0.2, 0.25) is 21.8 Å². The average molecular weight is 601 g/mol. The second kappa shape index (κ2) is 13.0. The number of para-hydroxylation sites is 2. The SMILES string of the molecule is CS(=O)(=O)N(CC1CC1)c1ccccc1N1CCN(C(=O)C(CC(=O)N2CCCCC2)Cc2ccc(Cl)cc2)CC1. The maximum atomic E-state index is 13.9. The Bertz CT molecular complexity index is 1320. The maximum absolute atomic E-state index is 13.9. The lowest BCUT2D eigenvalue weighted by molar-refractivity contribution is -0.142. The molecule has 41 heavy (non-hydrogen) atoms. The standard InChI is InChI=1S/C31H41ClN4O4S/c1-41(39,40)36(23-25-9-10-25)29-8-4-3-7-28(29)33-17-19-35(20-18-33)31(38)26(21-24-11-13-27(32)14-12-24)22-30(37)34-15-5-2-6-16-34/h3-4,7-8,11-14,25-26H,2,5-6,9-10,15-23H2,1H3. The molecule has 1 saturated carbocycles. The Morgan fingerprint density at radius 1 is 0.902 bits per heavy atom. The molecule has 5 rings (SSSR count). The molecule has 1 aliphatic carbocycles. The monoisotopic (exact) mass is 600 g/mol. The Kier molecular flexibility index (Phi) is 9.44. The second-order valence-corrected chi connectivity index (χ2v) is 14.1. The van der Waals surface area contributed by atoms with Crippen LogP contribution in [0.1, 0.15) is 44.1 Å². The van der Waals surface area contributed by atoms with Gasteiger partial charge in [0.15, 0.2) is 0 Å². The van der Waals surface area contributed by atoms with Crippen molar-refractivity contribution in [3.63, 3.8) is 0 Å². The van der Waals surface area contributed by atoms with E-state index in [0.29, 0.717) is 55.8 Å². The maximum Gasteiger partial charge on any atom is 0.232 e. The van der Waals surface area contributed by atoms with E-state index in [1.807, 2.05) is 58.3 Å². The van der Waals surface area contributed by atoms with E-state index in [1.165, 1.54) is 6.26 Å². The van der Waals surface area contributed by atoms with E-state index in [0.717, 1.165) is 56.4 Å². The van der Waals surface area contributed by atoms with Crippen LogP contribution in [0.5, 0.6) is 0 Å². The number of halogens is 1. The molecule has 2 heterocycles. The van der Waals surface area contributed by atoms with Crippen molar-refractivity contribution in [1.29, 1.82) is 0 Å². The molecule has 0 aromatic heterocycles. The van der Waals surface area contributed by atoms with Gasteiger partial charge in [-0.25, -0.2) is 8.42 Å². The molecular formula is C31H41ClN4O4S. The van der Waals surface area contributed by atoms with Gasteiger partial charge < -0.3 is 14.7 Å². The van der Waals surface area contributed by atoms with Crippen LogP contribution >= 0.6 is 11.6 Å². The third-order valence-corrected chi connectivity index (χ3v) is 9.88. The zero-order valence-electron chi connectivity index (χ0n) is 23.9. The van der Waals surface area contributed by atoms with Gasteiger partial charge in [-0.3, -0.25) is 13.9 Å². The van der Waals surface area contributed by atoms with Crippen molar-refractivity contribution in [1.82, 2.24) is 9.80 Å². The summed E-state index contributed by atoms with van der Waals surface area (Å²) < 4.78 is 27.0. The number of piperidine rings is 1. The predicted octanol–water partition coefficient (Wildman–Crippen LogP) is 4.43. The van der Waals surface area contributed by atoms with E-state index in [4.69, 9.17) is 11.6 Å². The highest BCUT2D eigenvalue weighted by Gasteiger charge is 2.34. The van der Waals surface area contributed by atoms with Gasteiger partial charge in [-0.1, -0.05) is 35.9 Å². The Hall–Kier alpha value is -2.78. The quantitative estimate of drug-likeness (QED) is 0.403. The van der Waals surface area contributed by atoms with Gasteiger partial charge in [-0.15, -0.1) is 0 Å². The van der Waals surface area contributed by atoms with Crippen molar-refractivity contribution in [3.8, 4) is 0 Å². The van der Waals surface area contributed by atoms with Crippen molar-refractivity contribution in [2.45, 2.75) is 44.9 Å². The molecule has 1 atom stereocenters. The highest BCUT2D eigenvalue weighted by atomic mass is 35.5. The molecule has 3 aliphatic rings. The van der Waals surface area contributed by atoms with Crippen LogP contribution < -0.4 is 9.21 Å². The van der Waals surface area contributed by atoms with E-state index < -0.39 is 15.9 Å². The Morgan fingerprint density at radius 2 is 1.56 bits per heavy atom. The highest BCUT2D eigenvalue weighted by Crippen LogP contribution is 2.37. The molecule has 0 spiro atoms. The molecule has 0 radical (unpaired) electrons. The van der Waals surface area contributed by atoms with Crippen LogP contribution in [0.3, 0.4) is 0 Å². The number of carbonyl (C=O) groups is 2. The number of benzene rings is 2. The number of piperazine rings is 1. The molecule has 222 valence electrons. The smallest absolute Gasteiger partial charge is 0.232 e. The first-order valence-corrected chi connectivity index (χ1v) is 17.0. The van der Waals surface area contributed by atoms with Crippen molar-refractivity contribution >= 4 is 44.8 Å². The lowest BCUT2D eigenvalue weighted by Gasteiger charge is -2.39. The largest absolute Gasteiger partial charge is 0.366 e. The van der Waals surface area contributed by atoms with E-state index in [1.54, 1.807) is 4.31 Å². The predicted molar refractivity (Wildman–Crippen MR) is 164 cm³/mol. The molecule has 8 nitrogen and oxygen atoms in total. The molecule has 0 N–H and O–H groups in total. The zero-order chi connectivity index (χ0) is 29.0. The molecule has 2 aromatic rings. The molecule has 10 heteroatoms. The van der Waals surface area contributed by atoms with Gasteiger partial charge in [-0.2, -0.15) is 0 Å². The topological polar surface area (TPSA) is 81.2 Å². The molecule has 2 aliphatic heterocycles. The Balaban J connectivity index is 1.28. The van der Waals surface area contributed by atoms with E-state index >= 15 is 0 Å². The molecule has 2 saturated heterocycles. The number of hydrogen-bond donors (Lipinski definition) is 0. The van der Waals surface area contributed by atoms with Gasteiger partial charge >= 0.3 is 0 Å². The van der Waals surface area contributed by atoms with Crippen LogP contribution in [0.4, 0.5) is 11.4 Å². The summed E-state index contributed by atoms with van der Waals surface area (Å²) in [7, 11) is -3.43. The van der Waals surface area contributed by atoms with Crippen molar-refractivity contribution in [2.75, 3.05) is 61.3 Å². The first-order valence-electron chi connectivity index (χ1n) is 14.8. The van der Waals surface area contributed by atoms with Crippen LogP contribution in [-0.4, -0.2) is 82.1 Å². The molecule has 1 unspecified atom stereocenters. The second-order valence-electron chi connectivity index (χ2n) is 11.7. The minimum Gasteiger partial charge on any atom is -0.366 e. The number of carbonyl (C=O) groups excluding carboxylic acids is 2. The lowest BCUT2D eigenvalue weighted by Crippen LogP contribution is -2.51. The van der Waals surface area contributed by atoms with E-state index in [9.17, 15) is 18.0 Å². The first kappa shape index (κ1) is 29.7. The van der Waals surface area contributed by atoms with Gasteiger partial charge in [0.25, 0.3) is 0 Å². The number of rotatable bonds is 10. The fourth-order valence-electron chi connectivity index (χ4n) is 5.95. The summed E-state index contributed by atoms with van der Waals surface area (Å²) in [6.07, 6.45) is 7.27. The summed E-state index contributed by atoms with van der Waals surface area (Å²) in [6.45, 7) is 4.27. The average Bonchev–Trinajstić information content (AvgIpc) is 3.81. The summed E-state index contributed by atoms with van der Waals surface area (Å²) in [5, 5.41) is 0.643. The number of anilines is 2. The molecule has 3 fully saturated rings. The number of sulfonamides is 1. The number of amides is 2. The number of hydrogen-bond acceptors (Lipinski definition) is 5. The van der Waals surface area contributed by atoms with Crippen LogP contribution in [0, 0.1) is 11.8 Å². The van der Waals surface area contributed by atoms with Crippen LogP contribution in [0.15, 0.2) is 48.5 Å². The molecule has 2 aromatic carbocycles. The van der Waals surface area contributed by atoms with Gasteiger partial charge in [0.1, 0.15) is 0 Å². The highest BCUT2D eigenvalue weighted by molar-refractivity contribution is 7.92. The van der Waals surface area contributed by atoms with Crippen molar-refractivity contribution in [3.05, 3.63) is 59.1 Å². The Morgan fingerprint density at radius 3 is 2.20 bits per heavy atom. The Labute approximate surface area is 249 Å². The minimum absolute atomic E-state index is 0.00439. The van der Waals surface area contributed by atoms with Crippen molar-refractivity contribution in [2.24, 2.45) is 11.8 Å². The van der Waals surface area contributed by atoms with Gasteiger partial charge in [0, 0.05) is 57.3 Å². The van der Waals surface area contributed by atoms with Crippen LogP contribution in [0.25, 0.3) is 0 Å². The third kappa shape index (κ3) is 7.74. The van der Waals surface area contributed by atoms with Crippen LogP contribution in [0.2, 0.25) is 5.02 Å². The van der Waals surface area contributed by atoms with Gasteiger partial charge in [0.05, 0.1) is 23.5 Å². The lowest BCUT2D eigenvalue weighted by atomic mass is 9.93.